The molecule has 1 saturated heterocycles. The van der Waals surface area contributed by atoms with Crippen LogP contribution in [0.15, 0.2) is 35.3 Å². The maximum absolute atomic E-state index is 13.7. The largest absolute Gasteiger partial charge is 0.480 e. The molecule has 2 aromatic rings. The van der Waals surface area contributed by atoms with E-state index in [0.717, 1.165) is 6.42 Å². The van der Waals surface area contributed by atoms with E-state index in [1.165, 1.54) is 12.1 Å². The number of amides is 2. The number of benzene rings is 1. The predicted octanol–water partition coefficient (Wildman–Crippen LogP) is 1.97. The lowest BCUT2D eigenvalue weighted by Gasteiger charge is -2.34. The average molecular weight is 511 g/mol. The molecular formula is C25H27FN6O5. The number of carbonyl (C=O) groups is 2. The molecule has 37 heavy (non-hydrogen) atoms. The first-order valence-corrected chi connectivity index (χ1v) is 12.4. The first-order valence-electron chi connectivity index (χ1n) is 12.4. The van der Waals surface area contributed by atoms with Crippen LogP contribution in [0.3, 0.4) is 0 Å². The molecule has 4 atom stereocenters. The lowest BCUT2D eigenvalue weighted by Crippen LogP contribution is -2.48. The number of hydrogen-bond donors (Lipinski definition) is 3. The van der Waals surface area contributed by atoms with Gasteiger partial charge in [-0.1, -0.05) is 0 Å². The monoisotopic (exact) mass is 510 g/mol. The number of aliphatic imine (C=N–C) groups is 1. The van der Waals surface area contributed by atoms with E-state index in [2.05, 4.69) is 20.6 Å². The van der Waals surface area contributed by atoms with Gasteiger partial charge in [-0.15, -0.1) is 0 Å². The van der Waals surface area contributed by atoms with E-state index >= 15 is 0 Å². The zero-order valence-electron chi connectivity index (χ0n) is 20.0. The highest BCUT2D eigenvalue weighted by Crippen LogP contribution is 2.37. The number of aliphatic hydroxyl groups excluding tert-OH is 1. The van der Waals surface area contributed by atoms with Gasteiger partial charge in [0.25, 0.3) is 5.91 Å². The van der Waals surface area contributed by atoms with Crippen molar-refractivity contribution in [3.8, 4) is 5.75 Å². The van der Waals surface area contributed by atoms with E-state index in [1.807, 2.05) is 4.90 Å². The molecular weight excluding hydrogens is 483 g/mol. The number of aliphatic hydroxyl groups is 1. The van der Waals surface area contributed by atoms with Gasteiger partial charge < -0.3 is 30.1 Å². The third-order valence-electron chi connectivity index (χ3n) is 7.13. The second-order valence-electron chi connectivity index (χ2n) is 9.63. The molecule has 2 fully saturated rings. The fraction of sp³-hybridized carbons (Fsp3) is 0.440. The number of halogens is 1. The predicted molar refractivity (Wildman–Crippen MR) is 133 cm³/mol. The first-order chi connectivity index (χ1) is 17.9. The van der Waals surface area contributed by atoms with Gasteiger partial charge in [0.15, 0.2) is 18.2 Å². The summed E-state index contributed by atoms with van der Waals surface area (Å²) < 4.78 is 24.8. The molecule has 194 valence electrons. The molecule has 1 aliphatic carbocycles. The summed E-state index contributed by atoms with van der Waals surface area (Å²) in [5.41, 5.74) is 1.35. The number of pyridine rings is 1. The summed E-state index contributed by atoms with van der Waals surface area (Å²) in [6.07, 6.45) is 2.38. The minimum atomic E-state index is -0.680. The highest BCUT2D eigenvalue weighted by Gasteiger charge is 2.46. The van der Waals surface area contributed by atoms with Crippen molar-refractivity contribution >= 4 is 41.2 Å². The molecule has 3 aliphatic heterocycles. The van der Waals surface area contributed by atoms with Gasteiger partial charge in [-0.05, 0) is 43.2 Å². The Bertz CT molecular complexity index is 1260. The summed E-state index contributed by atoms with van der Waals surface area (Å²) in [6, 6.07) is 7.72. The van der Waals surface area contributed by atoms with Crippen molar-refractivity contribution in [2.24, 2.45) is 4.99 Å². The average Bonchev–Trinajstić information content (AvgIpc) is 3.22. The molecule has 0 unspecified atom stereocenters. The summed E-state index contributed by atoms with van der Waals surface area (Å²) in [5, 5.41) is 16.7. The number of nitrogens with zero attached hydrogens (tertiary/aromatic N) is 4. The Morgan fingerprint density at radius 2 is 2.14 bits per heavy atom. The minimum absolute atomic E-state index is 0.0638. The van der Waals surface area contributed by atoms with Crippen LogP contribution in [0.5, 0.6) is 5.75 Å². The second kappa shape index (κ2) is 9.60. The van der Waals surface area contributed by atoms with Crippen molar-refractivity contribution in [3.05, 3.63) is 36.1 Å². The third-order valence-corrected chi connectivity index (χ3v) is 7.13. The Kier molecular flexibility index (Phi) is 6.13. The van der Waals surface area contributed by atoms with Gasteiger partial charge >= 0.3 is 6.09 Å². The number of ether oxygens (including phenoxy) is 2. The molecule has 1 aromatic carbocycles. The number of aromatic nitrogens is 1. The topological polar surface area (TPSA) is 129 Å². The molecule has 0 bridgehead atoms. The van der Waals surface area contributed by atoms with Gasteiger partial charge in [-0.3, -0.25) is 14.7 Å². The maximum atomic E-state index is 13.7. The number of β-amino-alcohol motifs (C(OH)–C–C–N with tert-alkyl or cyclic N) is 1. The van der Waals surface area contributed by atoms with Crippen LogP contribution in [0.4, 0.5) is 32.2 Å². The Labute approximate surface area is 212 Å². The van der Waals surface area contributed by atoms with E-state index < -0.39 is 12.2 Å². The van der Waals surface area contributed by atoms with Crippen LogP contribution in [0.1, 0.15) is 19.3 Å². The van der Waals surface area contributed by atoms with Crippen LogP contribution in [0.25, 0.3) is 0 Å². The number of hydrogen-bond acceptors (Lipinski definition) is 9. The molecule has 1 saturated carbocycles. The summed E-state index contributed by atoms with van der Waals surface area (Å²) in [4.78, 5) is 36.6. The van der Waals surface area contributed by atoms with Crippen molar-refractivity contribution in [2.45, 2.75) is 43.6 Å². The highest BCUT2D eigenvalue weighted by molar-refractivity contribution is 5.95. The molecule has 0 spiro atoms. The quantitative estimate of drug-likeness (QED) is 0.538. The van der Waals surface area contributed by atoms with Gasteiger partial charge in [-0.2, -0.15) is 0 Å². The van der Waals surface area contributed by atoms with Crippen LogP contribution < -0.4 is 25.2 Å². The molecule has 3 N–H and O–H groups in total. The highest BCUT2D eigenvalue weighted by atomic mass is 19.1. The van der Waals surface area contributed by atoms with Crippen LogP contribution in [-0.4, -0.2) is 78.8 Å². The van der Waals surface area contributed by atoms with Gasteiger partial charge in [0, 0.05) is 31.8 Å². The third kappa shape index (κ3) is 4.69. The van der Waals surface area contributed by atoms with E-state index in [0.29, 0.717) is 61.2 Å². The fourth-order valence-electron chi connectivity index (χ4n) is 5.38. The van der Waals surface area contributed by atoms with E-state index in [9.17, 15) is 19.1 Å². The van der Waals surface area contributed by atoms with Crippen LogP contribution >= 0.6 is 0 Å². The Hall–Kier alpha value is -3.77. The van der Waals surface area contributed by atoms with Crippen molar-refractivity contribution in [2.75, 3.05) is 41.4 Å². The molecule has 12 heteroatoms. The molecule has 0 radical (unpaired) electrons. The zero-order chi connectivity index (χ0) is 25.5. The van der Waals surface area contributed by atoms with Crippen LogP contribution in [0, 0.1) is 5.82 Å². The summed E-state index contributed by atoms with van der Waals surface area (Å²) in [6.45, 7) is 1.12. The van der Waals surface area contributed by atoms with E-state index in [4.69, 9.17) is 9.47 Å². The van der Waals surface area contributed by atoms with E-state index in [-0.39, 0.29) is 36.5 Å². The van der Waals surface area contributed by atoms with Gasteiger partial charge in [0.1, 0.15) is 17.7 Å². The van der Waals surface area contributed by atoms with Gasteiger partial charge in [0.2, 0.25) is 0 Å². The lowest BCUT2D eigenvalue weighted by atomic mass is 9.88. The Balaban J connectivity index is 1.04. The SMILES string of the molecule is O=C1COc2ccc(N3C(=O)O[C@H]4C[C@@H](NC[C@H](O)CN5CC=Nc6ccc(F)cc65)CC[C@@H]43)nc2N1. The summed E-state index contributed by atoms with van der Waals surface area (Å²) in [7, 11) is 0. The number of carbonyl (C=O) groups excluding carboxylic acids is 2. The van der Waals surface area contributed by atoms with Gasteiger partial charge in [0.05, 0.1) is 30.1 Å². The first kappa shape index (κ1) is 23.6. The fourth-order valence-corrected chi connectivity index (χ4v) is 5.38. The molecule has 2 amide bonds. The minimum Gasteiger partial charge on any atom is -0.480 e. The van der Waals surface area contributed by atoms with Crippen molar-refractivity contribution in [1.82, 2.24) is 10.3 Å². The van der Waals surface area contributed by atoms with Crippen molar-refractivity contribution in [3.63, 3.8) is 0 Å². The normalized spacial score (nSPS) is 25.0. The Morgan fingerprint density at radius 3 is 3.03 bits per heavy atom. The maximum Gasteiger partial charge on any atom is 0.416 e. The van der Waals surface area contributed by atoms with Gasteiger partial charge in [-0.25, -0.2) is 14.2 Å². The Morgan fingerprint density at radius 1 is 1.24 bits per heavy atom. The molecule has 4 heterocycles. The molecule has 1 aromatic heterocycles. The molecule has 6 rings (SSSR count). The van der Waals surface area contributed by atoms with Crippen molar-refractivity contribution < 1.29 is 28.6 Å². The summed E-state index contributed by atoms with van der Waals surface area (Å²) in [5.74, 6) is 0.529. The number of nitrogens with one attached hydrogen (secondary N) is 2. The second-order valence-corrected chi connectivity index (χ2v) is 9.63. The number of anilines is 3. The van der Waals surface area contributed by atoms with Crippen molar-refractivity contribution in [1.29, 1.82) is 0 Å². The lowest BCUT2D eigenvalue weighted by molar-refractivity contribution is -0.118. The number of rotatable bonds is 6. The zero-order valence-corrected chi connectivity index (χ0v) is 20.0. The van der Waals surface area contributed by atoms with E-state index in [1.54, 1.807) is 29.3 Å². The molecule has 11 nitrogen and oxygen atoms in total. The van der Waals surface area contributed by atoms with Crippen LogP contribution in [0.2, 0.25) is 0 Å². The smallest absolute Gasteiger partial charge is 0.416 e. The number of fused-ring (bicyclic) bond motifs is 3. The molecule has 4 aliphatic rings. The standard InChI is InChI=1S/C25H27FN6O5/c26-14-1-3-17-19(9-14)31(8-7-27-17)12-16(33)11-28-15-2-4-18-21(10-15)37-25(35)32(18)22-6-5-20-24(29-22)30-23(34)13-36-20/h1,3,5-7,9,15-16,18,21,28,33H,2,4,8,10-13H2,(H,29,30,34)/t15-,16-,18-,21-/m0/s1. The summed E-state index contributed by atoms with van der Waals surface area (Å²) >= 11 is 0. The van der Waals surface area contributed by atoms with Crippen LogP contribution in [-0.2, 0) is 9.53 Å².